The molecule has 2 rings (SSSR count). The first-order valence-corrected chi connectivity index (χ1v) is 7.37. The lowest BCUT2D eigenvalue weighted by Crippen LogP contribution is -2.44. The molecule has 0 unspecified atom stereocenters. The van der Waals surface area contributed by atoms with Crippen molar-refractivity contribution in [3.63, 3.8) is 0 Å². The van der Waals surface area contributed by atoms with Crippen molar-refractivity contribution in [3.8, 4) is 11.5 Å². The van der Waals surface area contributed by atoms with E-state index in [1.807, 2.05) is 18.7 Å². The van der Waals surface area contributed by atoms with Gasteiger partial charge >= 0.3 is 5.97 Å². The Morgan fingerprint density at radius 2 is 1.81 bits per heavy atom. The molecule has 1 aliphatic heterocycles. The Balaban J connectivity index is 1.79. The summed E-state index contributed by atoms with van der Waals surface area (Å²) in [6.45, 7) is 6.05. The number of esters is 1. The molecule has 0 saturated carbocycles. The van der Waals surface area contributed by atoms with Crippen LogP contribution < -0.4 is 9.47 Å². The molecule has 0 amide bonds. The molecule has 0 aromatic heterocycles. The predicted molar refractivity (Wildman–Crippen MR) is 79.5 cm³/mol. The summed E-state index contributed by atoms with van der Waals surface area (Å²) < 4.78 is 10.6. The van der Waals surface area contributed by atoms with Crippen molar-refractivity contribution < 1.29 is 19.4 Å². The lowest BCUT2D eigenvalue weighted by Gasteiger charge is -2.35. The SMILES string of the molecule is CCOc1ccc(OC(=O)CN2CCC(C)(O)CC2)cc1. The largest absolute Gasteiger partial charge is 0.494 e. The molecular formula is C16H23NO4. The molecule has 1 heterocycles. The molecule has 1 aromatic rings. The van der Waals surface area contributed by atoms with E-state index in [4.69, 9.17) is 9.47 Å². The third-order valence-electron chi connectivity index (χ3n) is 3.65. The third kappa shape index (κ3) is 5.02. The van der Waals surface area contributed by atoms with E-state index in [1.165, 1.54) is 0 Å². The Labute approximate surface area is 125 Å². The van der Waals surface area contributed by atoms with Gasteiger partial charge in [-0.25, -0.2) is 0 Å². The van der Waals surface area contributed by atoms with E-state index in [-0.39, 0.29) is 12.5 Å². The van der Waals surface area contributed by atoms with Gasteiger partial charge in [0.15, 0.2) is 0 Å². The smallest absolute Gasteiger partial charge is 0.325 e. The van der Waals surface area contributed by atoms with Gasteiger partial charge in [-0.2, -0.15) is 0 Å². The van der Waals surface area contributed by atoms with Gasteiger partial charge in [0.25, 0.3) is 0 Å². The van der Waals surface area contributed by atoms with Crippen molar-refractivity contribution in [1.29, 1.82) is 0 Å². The highest BCUT2D eigenvalue weighted by atomic mass is 16.5. The fourth-order valence-electron chi connectivity index (χ4n) is 2.31. The highest BCUT2D eigenvalue weighted by Crippen LogP contribution is 2.21. The number of hydrogen-bond acceptors (Lipinski definition) is 5. The van der Waals surface area contributed by atoms with Gasteiger partial charge in [0, 0.05) is 13.1 Å². The Hall–Kier alpha value is -1.59. The van der Waals surface area contributed by atoms with Crippen molar-refractivity contribution in [1.82, 2.24) is 4.90 Å². The number of carbonyl (C=O) groups is 1. The number of likely N-dealkylation sites (tertiary alicyclic amines) is 1. The quantitative estimate of drug-likeness (QED) is 0.663. The second-order valence-electron chi connectivity index (χ2n) is 5.65. The summed E-state index contributed by atoms with van der Waals surface area (Å²) in [6.07, 6.45) is 1.37. The summed E-state index contributed by atoms with van der Waals surface area (Å²) in [6, 6.07) is 7.02. The molecule has 0 atom stereocenters. The first-order chi connectivity index (χ1) is 9.98. The Bertz CT molecular complexity index is 460. The zero-order valence-corrected chi connectivity index (χ0v) is 12.7. The Kier molecular flexibility index (Phi) is 5.20. The van der Waals surface area contributed by atoms with E-state index in [9.17, 15) is 9.90 Å². The highest BCUT2D eigenvalue weighted by molar-refractivity contribution is 5.74. The maximum Gasteiger partial charge on any atom is 0.325 e. The van der Waals surface area contributed by atoms with E-state index in [1.54, 1.807) is 24.3 Å². The monoisotopic (exact) mass is 293 g/mol. The van der Waals surface area contributed by atoms with Crippen LogP contribution in [0.5, 0.6) is 11.5 Å². The number of aliphatic hydroxyl groups is 1. The van der Waals surface area contributed by atoms with Crippen LogP contribution >= 0.6 is 0 Å². The number of nitrogens with zero attached hydrogens (tertiary/aromatic N) is 1. The van der Waals surface area contributed by atoms with Crippen molar-refractivity contribution in [2.24, 2.45) is 0 Å². The van der Waals surface area contributed by atoms with Crippen LogP contribution in [0.3, 0.4) is 0 Å². The van der Waals surface area contributed by atoms with Crippen LogP contribution in [0.15, 0.2) is 24.3 Å². The highest BCUT2D eigenvalue weighted by Gasteiger charge is 2.28. The Morgan fingerprint density at radius 1 is 1.24 bits per heavy atom. The minimum absolute atomic E-state index is 0.253. The minimum atomic E-state index is -0.602. The first kappa shape index (κ1) is 15.8. The normalized spacial score (nSPS) is 18.2. The summed E-state index contributed by atoms with van der Waals surface area (Å²) >= 11 is 0. The molecule has 1 aliphatic rings. The predicted octanol–water partition coefficient (Wildman–Crippen LogP) is 1.84. The number of hydrogen-bond donors (Lipinski definition) is 1. The van der Waals surface area contributed by atoms with E-state index < -0.39 is 5.60 Å². The fraction of sp³-hybridized carbons (Fsp3) is 0.562. The average molecular weight is 293 g/mol. The van der Waals surface area contributed by atoms with Crippen molar-refractivity contribution >= 4 is 5.97 Å². The molecule has 1 N–H and O–H groups in total. The van der Waals surface area contributed by atoms with Crippen molar-refractivity contribution in [2.45, 2.75) is 32.3 Å². The van der Waals surface area contributed by atoms with Crippen LogP contribution in [0.2, 0.25) is 0 Å². The first-order valence-electron chi connectivity index (χ1n) is 7.37. The Morgan fingerprint density at radius 3 is 2.38 bits per heavy atom. The molecule has 1 fully saturated rings. The van der Waals surface area contributed by atoms with Gasteiger partial charge in [0.2, 0.25) is 0 Å². The van der Waals surface area contributed by atoms with Crippen LogP contribution in [0, 0.1) is 0 Å². The van der Waals surface area contributed by atoms with E-state index in [0.717, 1.165) is 5.75 Å². The lowest BCUT2D eigenvalue weighted by molar-refractivity contribution is -0.136. The van der Waals surface area contributed by atoms with Crippen LogP contribution in [0.1, 0.15) is 26.7 Å². The van der Waals surface area contributed by atoms with Crippen molar-refractivity contribution in [3.05, 3.63) is 24.3 Å². The van der Waals surface area contributed by atoms with Gasteiger partial charge in [-0.1, -0.05) is 0 Å². The second-order valence-corrected chi connectivity index (χ2v) is 5.65. The van der Waals surface area contributed by atoms with Crippen LogP contribution in [-0.4, -0.2) is 47.8 Å². The van der Waals surface area contributed by atoms with Gasteiger partial charge in [0.1, 0.15) is 11.5 Å². The van der Waals surface area contributed by atoms with E-state index >= 15 is 0 Å². The molecule has 116 valence electrons. The van der Waals surface area contributed by atoms with E-state index in [0.29, 0.717) is 38.3 Å². The van der Waals surface area contributed by atoms with Crippen LogP contribution in [0.4, 0.5) is 0 Å². The van der Waals surface area contributed by atoms with Gasteiger partial charge in [0.05, 0.1) is 18.8 Å². The summed E-state index contributed by atoms with van der Waals surface area (Å²) in [5.41, 5.74) is -0.602. The molecule has 0 bridgehead atoms. The minimum Gasteiger partial charge on any atom is -0.494 e. The fourth-order valence-corrected chi connectivity index (χ4v) is 2.31. The topological polar surface area (TPSA) is 59.0 Å². The maximum atomic E-state index is 11.9. The summed E-state index contributed by atoms with van der Waals surface area (Å²) in [5.74, 6) is 1.00. The van der Waals surface area contributed by atoms with Gasteiger partial charge in [-0.3, -0.25) is 9.69 Å². The molecule has 5 heteroatoms. The van der Waals surface area contributed by atoms with E-state index in [2.05, 4.69) is 0 Å². The third-order valence-corrected chi connectivity index (χ3v) is 3.65. The van der Waals surface area contributed by atoms with Gasteiger partial charge in [-0.15, -0.1) is 0 Å². The number of benzene rings is 1. The molecule has 1 aromatic carbocycles. The average Bonchev–Trinajstić information content (AvgIpc) is 2.44. The zero-order chi connectivity index (χ0) is 15.3. The number of rotatable bonds is 5. The molecule has 21 heavy (non-hydrogen) atoms. The van der Waals surface area contributed by atoms with Gasteiger partial charge in [-0.05, 0) is 51.0 Å². The number of piperidine rings is 1. The number of ether oxygens (including phenoxy) is 2. The maximum absolute atomic E-state index is 11.9. The summed E-state index contributed by atoms with van der Waals surface area (Å²) in [7, 11) is 0. The zero-order valence-electron chi connectivity index (χ0n) is 12.7. The number of carbonyl (C=O) groups excluding carboxylic acids is 1. The lowest BCUT2D eigenvalue weighted by atomic mass is 9.94. The summed E-state index contributed by atoms with van der Waals surface area (Å²) in [5, 5.41) is 9.88. The molecule has 0 radical (unpaired) electrons. The molecule has 0 spiro atoms. The molecule has 0 aliphatic carbocycles. The second kappa shape index (κ2) is 6.91. The molecule has 1 saturated heterocycles. The van der Waals surface area contributed by atoms with Crippen LogP contribution in [-0.2, 0) is 4.79 Å². The standard InChI is InChI=1S/C16H23NO4/c1-3-20-13-4-6-14(7-5-13)21-15(18)12-17-10-8-16(2,19)9-11-17/h4-7,19H,3,8-12H2,1-2H3. The van der Waals surface area contributed by atoms with Crippen LogP contribution in [0.25, 0.3) is 0 Å². The summed E-state index contributed by atoms with van der Waals surface area (Å²) in [4.78, 5) is 13.9. The van der Waals surface area contributed by atoms with Crippen molar-refractivity contribution in [2.75, 3.05) is 26.2 Å². The molecular weight excluding hydrogens is 270 g/mol. The molecule has 5 nitrogen and oxygen atoms in total. The van der Waals surface area contributed by atoms with Gasteiger partial charge < -0.3 is 14.6 Å².